The summed E-state index contributed by atoms with van der Waals surface area (Å²) in [5.41, 5.74) is 2.44. The van der Waals surface area contributed by atoms with E-state index in [-0.39, 0.29) is 5.91 Å². The van der Waals surface area contributed by atoms with Gasteiger partial charge in [-0.3, -0.25) is 9.69 Å². The third kappa shape index (κ3) is 2.79. The van der Waals surface area contributed by atoms with Gasteiger partial charge in [-0.2, -0.15) is 0 Å². The number of nitrogens with zero attached hydrogens (tertiary/aromatic N) is 2. The lowest BCUT2D eigenvalue weighted by Crippen LogP contribution is -2.56. The molecule has 0 spiro atoms. The molecule has 1 amide bonds. The molecule has 4 nitrogen and oxygen atoms in total. The molecule has 0 unspecified atom stereocenters. The van der Waals surface area contributed by atoms with Crippen molar-refractivity contribution in [1.29, 1.82) is 0 Å². The molecule has 23 heavy (non-hydrogen) atoms. The minimum absolute atomic E-state index is 0.198. The average molecular weight is 314 g/mol. The summed E-state index contributed by atoms with van der Waals surface area (Å²) >= 11 is 0. The molecule has 2 fully saturated rings. The van der Waals surface area contributed by atoms with Crippen molar-refractivity contribution in [3.8, 4) is 0 Å². The topological polar surface area (TPSA) is 32.8 Å². The van der Waals surface area contributed by atoms with Crippen molar-refractivity contribution in [1.82, 2.24) is 9.80 Å². The first-order valence-corrected chi connectivity index (χ1v) is 8.90. The van der Waals surface area contributed by atoms with Gasteiger partial charge in [0.1, 0.15) is 5.60 Å². The van der Waals surface area contributed by atoms with Crippen LogP contribution in [0.25, 0.3) is 0 Å². The smallest absolute Gasteiger partial charge is 0.254 e. The maximum atomic E-state index is 12.7. The Morgan fingerprint density at radius 1 is 1.13 bits per heavy atom. The van der Waals surface area contributed by atoms with Crippen LogP contribution in [0.15, 0.2) is 24.3 Å². The lowest BCUT2D eigenvalue weighted by molar-refractivity contribution is -0.153. The van der Waals surface area contributed by atoms with Gasteiger partial charge in [0.25, 0.3) is 5.91 Å². The molecule has 2 aliphatic heterocycles. The van der Waals surface area contributed by atoms with Crippen LogP contribution in [0.4, 0.5) is 0 Å². The number of amides is 1. The van der Waals surface area contributed by atoms with E-state index in [1.807, 2.05) is 11.8 Å². The number of fused-ring (bicyclic) bond motifs is 1. The molecule has 2 heterocycles. The van der Waals surface area contributed by atoms with E-state index in [9.17, 15) is 4.79 Å². The minimum Gasteiger partial charge on any atom is -0.365 e. The maximum Gasteiger partial charge on any atom is 0.254 e. The summed E-state index contributed by atoms with van der Waals surface area (Å²) in [6.07, 6.45) is 4.18. The minimum atomic E-state index is -0.564. The van der Waals surface area contributed by atoms with E-state index >= 15 is 0 Å². The van der Waals surface area contributed by atoms with Crippen LogP contribution < -0.4 is 0 Å². The molecular formula is C19H26N2O2. The summed E-state index contributed by atoms with van der Waals surface area (Å²) in [7, 11) is 0. The quantitative estimate of drug-likeness (QED) is 0.835. The summed E-state index contributed by atoms with van der Waals surface area (Å²) in [6.45, 7) is 6.33. The molecule has 0 aromatic heterocycles. The first-order valence-electron chi connectivity index (χ1n) is 8.90. The van der Waals surface area contributed by atoms with Crippen molar-refractivity contribution in [2.24, 2.45) is 0 Å². The number of carbonyl (C=O) groups is 1. The van der Waals surface area contributed by atoms with Gasteiger partial charge in [-0.25, -0.2) is 0 Å². The molecule has 1 aromatic carbocycles. The average Bonchev–Trinajstić information content (AvgIpc) is 3.21. The van der Waals surface area contributed by atoms with E-state index in [0.29, 0.717) is 6.04 Å². The van der Waals surface area contributed by atoms with Gasteiger partial charge in [-0.1, -0.05) is 24.3 Å². The summed E-state index contributed by atoms with van der Waals surface area (Å²) in [5.74, 6) is 0.198. The number of piperazine rings is 1. The highest BCUT2D eigenvalue weighted by Gasteiger charge is 2.41. The molecule has 0 N–H and O–H groups in total. The highest BCUT2D eigenvalue weighted by Crippen LogP contribution is 2.29. The Morgan fingerprint density at radius 3 is 2.35 bits per heavy atom. The normalized spacial score (nSPS) is 29.0. The fourth-order valence-electron chi connectivity index (χ4n) is 4.37. The van der Waals surface area contributed by atoms with Crippen LogP contribution >= 0.6 is 0 Å². The fourth-order valence-corrected chi connectivity index (χ4v) is 4.37. The van der Waals surface area contributed by atoms with E-state index < -0.39 is 5.60 Å². The van der Waals surface area contributed by atoms with Crippen molar-refractivity contribution in [3.63, 3.8) is 0 Å². The Bertz CT molecular complexity index is 562. The fraction of sp³-hybridized carbons (Fsp3) is 0.632. The van der Waals surface area contributed by atoms with Gasteiger partial charge in [-0.05, 0) is 43.7 Å². The van der Waals surface area contributed by atoms with E-state index in [0.717, 1.165) is 58.5 Å². The largest absolute Gasteiger partial charge is 0.365 e. The molecule has 1 aromatic rings. The van der Waals surface area contributed by atoms with Crippen LogP contribution in [0.1, 0.15) is 30.9 Å². The second-order valence-corrected chi connectivity index (χ2v) is 7.34. The van der Waals surface area contributed by atoms with Crippen molar-refractivity contribution >= 4 is 5.91 Å². The third-order valence-corrected chi connectivity index (χ3v) is 5.82. The Balaban J connectivity index is 1.34. The zero-order chi connectivity index (χ0) is 15.9. The van der Waals surface area contributed by atoms with Gasteiger partial charge < -0.3 is 9.64 Å². The van der Waals surface area contributed by atoms with Gasteiger partial charge in [0, 0.05) is 38.8 Å². The second kappa shape index (κ2) is 5.91. The van der Waals surface area contributed by atoms with Gasteiger partial charge in [0.05, 0.1) is 0 Å². The second-order valence-electron chi connectivity index (χ2n) is 7.34. The molecule has 4 rings (SSSR count). The van der Waals surface area contributed by atoms with Gasteiger partial charge >= 0.3 is 0 Å². The third-order valence-electron chi connectivity index (χ3n) is 5.82. The van der Waals surface area contributed by atoms with Crippen molar-refractivity contribution in [2.45, 2.75) is 44.2 Å². The molecule has 1 aliphatic carbocycles. The molecule has 124 valence electrons. The van der Waals surface area contributed by atoms with Crippen molar-refractivity contribution < 1.29 is 9.53 Å². The zero-order valence-electron chi connectivity index (χ0n) is 14.0. The van der Waals surface area contributed by atoms with E-state index in [1.165, 1.54) is 11.1 Å². The molecule has 0 radical (unpaired) electrons. The number of rotatable bonds is 2. The number of benzene rings is 1. The number of ether oxygens (including phenoxy) is 1. The van der Waals surface area contributed by atoms with Gasteiger partial charge in [0.2, 0.25) is 0 Å². The lowest BCUT2D eigenvalue weighted by atomic mass is 10.0. The standard InChI is InChI=1S/C19H26N2O2/c1-19(7-4-12-23-19)18(22)21-10-8-20(9-11-21)17-13-15-5-2-3-6-16(15)14-17/h2-3,5-6,17H,4,7-14H2,1H3/t19-/m0/s1. The summed E-state index contributed by atoms with van der Waals surface area (Å²) in [5, 5.41) is 0. The highest BCUT2D eigenvalue weighted by atomic mass is 16.5. The molecule has 1 atom stereocenters. The highest BCUT2D eigenvalue weighted by molar-refractivity contribution is 5.85. The Hall–Kier alpha value is -1.39. The van der Waals surface area contributed by atoms with Gasteiger partial charge in [-0.15, -0.1) is 0 Å². The van der Waals surface area contributed by atoms with Crippen LogP contribution in [0.5, 0.6) is 0 Å². The van der Waals surface area contributed by atoms with Gasteiger partial charge in [0.15, 0.2) is 0 Å². The Kier molecular flexibility index (Phi) is 3.90. The Labute approximate surface area is 138 Å². The molecule has 0 saturated carbocycles. The Morgan fingerprint density at radius 2 is 1.78 bits per heavy atom. The monoisotopic (exact) mass is 314 g/mol. The molecule has 4 heteroatoms. The van der Waals surface area contributed by atoms with E-state index in [4.69, 9.17) is 4.74 Å². The summed E-state index contributed by atoms with van der Waals surface area (Å²) in [6, 6.07) is 9.41. The van der Waals surface area contributed by atoms with Crippen LogP contribution in [-0.2, 0) is 22.4 Å². The SMILES string of the molecule is C[C@@]1(C(=O)N2CCN(C3Cc4ccccc4C3)CC2)CCCO1. The summed E-state index contributed by atoms with van der Waals surface area (Å²) < 4.78 is 5.72. The molecular weight excluding hydrogens is 288 g/mol. The van der Waals surface area contributed by atoms with Crippen molar-refractivity contribution in [3.05, 3.63) is 35.4 Å². The zero-order valence-corrected chi connectivity index (χ0v) is 14.0. The first-order chi connectivity index (χ1) is 11.2. The lowest BCUT2D eigenvalue weighted by Gasteiger charge is -2.40. The molecule has 0 bridgehead atoms. The maximum absolute atomic E-state index is 12.7. The molecule has 2 saturated heterocycles. The predicted octanol–water partition coefficient (Wildman–Crippen LogP) is 1.87. The van der Waals surface area contributed by atoms with Crippen LogP contribution in [0.2, 0.25) is 0 Å². The number of hydrogen-bond acceptors (Lipinski definition) is 3. The van der Waals surface area contributed by atoms with Crippen molar-refractivity contribution in [2.75, 3.05) is 32.8 Å². The van der Waals surface area contributed by atoms with Crippen LogP contribution in [0.3, 0.4) is 0 Å². The summed E-state index contributed by atoms with van der Waals surface area (Å²) in [4.78, 5) is 17.3. The van der Waals surface area contributed by atoms with E-state index in [1.54, 1.807) is 0 Å². The first kappa shape index (κ1) is 15.2. The number of hydrogen-bond donors (Lipinski definition) is 0. The van der Waals surface area contributed by atoms with E-state index in [2.05, 4.69) is 29.2 Å². The van der Waals surface area contributed by atoms with Crippen LogP contribution in [-0.4, -0.2) is 60.1 Å². The molecule has 3 aliphatic rings. The van der Waals surface area contributed by atoms with Crippen LogP contribution in [0, 0.1) is 0 Å². The number of carbonyl (C=O) groups excluding carboxylic acids is 1. The predicted molar refractivity (Wildman–Crippen MR) is 89.4 cm³/mol.